The molecule has 0 saturated heterocycles. The number of rotatable bonds is 9. The van der Waals surface area contributed by atoms with Crippen LogP contribution in [0, 0.1) is 0 Å². The molecule has 0 radical (unpaired) electrons. The first-order valence-corrected chi connectivity index (χ1v) is 10.3. The molecule has 2 N–H and O–H groups in total. The summed E-state index contributed by atoms with van der Waals surface area (Å²) >= 11 is 1.30. The second-order valence-electron chi connectivity index (χ2n) is 6.37. The summed E-state index contributed by atoms with van der Waals surface area (Å²) in [5.74, 6) is -0.588. The van der Waals surface area contributed by atoms with Crippen molar-refractivity contribution in [2.45, 2.75) is 13.0 Å². The van der Waals surface area contributed by atoms with Gasteiger partial charge < -0.3 is 20.1 Å². The van der Waals surface area contributed by atoms with Crippen LogP contribution in [0.4, 0.5) is 5.69 Å². The fourth-order valence-corrected chi connectivity index (χ4v) is 3.40. The van der Waals surface area contributed by atoms with Crippen LogP contribution in [0.5, 0.6) is 5.75 Å². The van der Waals surface area contributed by atoms with Crippen molar-refractivity contribution in [3.05, 3.63) is 76.2 Å². The number of para-hydroxylation sites is 2. The van der Waals surface area contributed by atoms with E-state index in [9.17, 15) is 14.4 Å². The third kappa shape index (κ3) is 6.65. The summed E-state index contributed by atoms with van der Waals surface area (Å²) in [4.78, 5) is 40.4. The number of hydrogen-bond acceptors (Lipinski definition) is 7. The highest BCUT2D eigenvalue weighted by Gasteiger charge is 2.13. The van der Waals surface area contributed by atoms with Crippen LogP contribution in [0.2, 0.25) is 0 Å². The number of benzene rings is 2. The van der Waals surface area contributed by atoms with Gasteiger partial charge in [-0.3, -0.25) is 14.4 Å². The smallest absolute Gasteiger partial charge is 0.325 e. The van der Waals surface area contributed by atoms with Gasteiger partial charge in [0.2, 0.25) is 5.91 Å². The Kier molecular flexibility index (Phi) is 7.72. The summed E-state index contributed by atoms with van der Waals surface area (Å²) in [7, 11) is 1.53. The number of anilines is 1. The monoisotopic (exact) mass is 439 g/mol. The minimum absolute atomic E-state index is 0.0370. The molecule has 0 aliphatic carbocycles. The Balaban J connectivity index is 1.42. The van der Waals surface area contributed by atoms with Crippen molar-refractivity contribution in [3.8, 4) is 5.75 Å². The van der Waals surface area contributed by atoms with E-state index in [2.05, 4.69) is 15.6 Å². The van der Waals surface area contributed by atoms with Crippen molar-refractivity contribution in [2.75, 3.05) is 19.0 Å². The van der Waals surface area contributed by atoms with E-state index < -0.39 is 5.97 Å². The van der Waals surface area contributed by atoms with E-state index in [0.717, 1.165) is 0 Å². The number of carbonyl (C=O) groups is 3. The number of hydrogen-bond donors (Lipinski definition) is 2. The molecule has 0 atom stereocenters. The molecule has 2 aromatic carbocycles. The van der Waals surface area contributed by atoms with E-state index in [1.165, 1.54) is 18.4 Å². The number of methoxy groups -OCH3 is 1. The van der Waals surface area contributed by atoms with Crippen LogP contribution in [0.3, 0.4) is 0 Å². The van der Waals surface area contributed by atoms with Crippen molar-refractivity contribution in [1.29, 1.82) is 0 Å². The lowest BCUT2D eigenvalue weighted by Crippen LogP contribution is -2.30. The fourth-order valence-electron chi connectivity index (χ4n) is 2.63. The summed E-state index contributed by atoms with van der Waals surface area (Å²) < 4.78 is 10.3. The Morgan fingerprint density at radius 2 is 1.77 bits per heavy atom. The van der Waals surface area contributed by atoms with Crippen LogP contribution < -0.4 is 15.4 Å². The van der Waals surface area contributed by atoms with Crippen LogP contribution in [-0.2, 0) is 27.4 Å². The van der Waals surface area contributed by atoms with E-state index in [4.69, 9.17) is 9.47 Å². The summed E-state index contributed by atoms with van der Waals surface area (Å²) in [5, 5.41) is 7.61. The van der Waals surface area contributed by atoms with Crippen molar-refractivity contribution >= 4 is 34.8 Å². The summed E-state index contributed by atoms with van der Waals surface area (Å²) in [5.41, 5.74) is 1.58. The largest absolute Gasteiger partial charge is 0.495 e. The maximum atomic E-state index is 12.3. The van der Waals surface area contributed by atoms with Crippen molar-refractivity contribution in [3.63, 3.8) is 0 Å². The molecule has 1 heterocycles. The number of carbonyl (C=O) groups excluding carboxylic acids is 3. The van der Waals surface area contributed by atoms with Gasteiger partial charge in [-0.2, -0.15) is 0 Å². The lowest BCUT2D eigenvalue weighted by Gasteiger charge is -2.08. The SMILES string of the molecule is COc1ccccc1NC(=O)Cc1nc(COC(=O)CNC(=O)c2ccccc2)cs1. The van der Waals surface area contributed by atoms with E-state index >= 15 is 0 Å². The summed E-state index contributed by atoms with van der Waals surface area (Å²) in [6.07, 6.45) is 0.0871. The Morgan fingerprint density at radius 1 is 1.03 bits per heavy atom. The number of esters is 1. The van der Waals surface area contributed by atoms with Gasteiger partial charge in [0, 0.05) is 10.9 Å². The Morgan fingerprint density at radius 3 is 2.55 bits per heavy atom. The van der Waals surface area contributed by atoms with Crippen LogP contribution in [-0.4, -0.2) is 36.4 Å². The second kappa shape index (κ2) is 10.9. The van der Waals surface area contributed by atoms with Gasteiger partial charge in [-0.25, -0.2) is 4.98 Å². The zero-order valence-corrected chi connectivity index (χ0v) is 17.6. The standard InChI is InChI=1S/C22H21N3O5S/c1-29-18-10-6-5-9-17(18)25-19(26)11-20-24-16(14-31-20)13-30-21(27)12-23-22(28)15-7-3-2-4-8-15/h2-10,14H,11-13H2,1H3,(H,23,28)(H,25,26). The average molecular weight is 439 g/mol. The van der Waals surface area contributed by atoms with Gasteiger partial charge in [-0.15, -0.1) is 11.3 Å². The van der Waals surface area contributed by atoms with Gasteiger partial charge >= 0.3 is 5.97 Å². The molecule has 9 heteroatoms. The van der Waals surface area contributed by atoms with Gasteiger partial charge in [-0.1, -0.05) is 30.3 Å². The number of nitrogens with one attached hydrogen (secondary N) is 2. The minimum Gasteiger partial charge on any atom is -0.495 e. The van der Waals surface area contributed by atoms with Crippen molar-refractivity contribution in [2.24, 2.45) is 0 Å². The molecule has 0 aliphatic rings. The lowest BCUT2D eigenvalue weighted by atomic mass is 10.2. The quantitative estimate of drug-likeness (QED) is 0.497. The van der Waals surface area contributed by atoms with E-state index in [1.807, 2.05) is 6.07 Å². The highest BCUT2D eigenvalue weighted by molar-refractivity contribution is 7.09. The number of thiazole rings is 1. The third-order valence-corrected chi connectivity index (χ3v) is 5.00. The lowest BCUT2D eigenvalue weighted by molar-refractivity contribution is -0.143. The second-order valence-corrected chi connectivity index (χ2v) is 7.31. The fraction of sp³-hybridized carbons (Fsp3) is 0.182. The number of ether oxygens (including phenoxy) is 2. The molecule has 0 spiro atoms. The first-order chi connectivity index (χ1) is 15.0. The Hall–Kier alpha value is -3.72. The molecule has 3 aromatic rings. The molecule has 2 amide bonds. The van der Waals surface area contributed by atoms with Crippen LogP contribution in [0.25, 0.3) is 0 Å². The minimum atomic E-state index is -0.576. The molecule has 0 saturated carbocycles. The molecule has 3 rings (SSSR count). The molecule has 0 fully saturated rings. The predicted molar refractivity (Wildman–Crippen MR) is 116 cm³/mol. The van der Waals surface area contributed by atoms with Crippen LogP contribution in [0.1, 0.15) is 21.1 Å². The van der Waals surface area contributed by atoms with Crippen LogP contribution >= 0.6 is 11.3 Å². The molecule has 0 aliphatic heterocycles. The van der Waals surface area contributed by atoms with E-state index in [1.54, 1.807) is 53.9 Å². The van der Waals surface area contributed by atoms with E-state index in [-0.39, 0.29) is 31.4 Å². The molecule has 31 heavy (non-hydrogen) atoms. The van der Waals surface area contributed by atoms with Crippen molar-refractivity contribution in [1.82, 2.24) is 10.3 Å². The maximum Gasteiger partial charge on any atom is 0.325 e. The highest BCUT2D eigenvalue weighted by atomic mass is 32.1. The zero-order valence-electron chi connectivity index (χ0n) is 16.8. The highest BCUT2D eigenvalue weighted by Crippen LogP contribution is 2.23. The number of aromatic nitrogens is 1. The first-order valence-electron chi connectivity index (χ1n) is 9.40. The van der Waals surface area contributed by atoms with Gasteiger partial charge in [-0.05, 0) is 24.3 Å². The molecule has 160 valence electrons. The molecular weight excluding hydrogens is 418 g/mol. The zero-order chi connectivity index (χ0) is 22.1. The topological polar surface area (TPSA) is 107 Å². The molecule has 1 aromatic heterocycles. The molecule has 0 bridgehead atoms. The predicted octanol–water partition coefficient (Wildman–Crippen LogP) is 2.81. The summed E-state index contributed by atoms with van der Waals surface area (Å²) in [6, 6.07) is 15.7. The first kappa shape index (κ1) is 22.0. The molecule has 8 nitrogen and oxygen atoms in total. The Bertz CT molecular complexity index is 1050. The normalized spacial score (nSPS) is 10.2. The van der Waals surface area contributed by atoms with Gasteiger partial charge in [0.05, 0.1) is 24.9 Å². The van der Waals surface area contributed by atoms with Crippen LogP contribution in [0.15, 0.2) is 60.0 Å². The maximum absolute atomic E-state index is 12.3. The number of amides is 2. The Labute approximate surface area is 183 Å². The molecule has 0 unspecified atom stereocenters. The van der Waals surface area contributed by atoms with Gasteiger partial charge in [0.1, 0.15) is 23.9 Å². The van der Waals surface area contributed by atoms with Gasteiger partial charge in [0.15, 0.2) is 0 Å². The number of nitrogens with zero attached hydrogens (tertiary/aromatic N) is 1. The third-order valence-electron chi connectivity index (χ3n) is 4.10. The summed E-state index contributed by atoms with van der Waals surface area (Å²) in [6.45, 7) is -0.281. The van der Waals surface area contributed by atoms with E-state index in [0.29, 0.717) is 27.7 Å². The molecular formula is C22H21N3O5S. The van der Waals surface area contributed by atoms with Crippen molar-refractivity contribution < 1.29 is 23.9 Å². The van der Waals surface area contributed by atoms with Gasteiger partial charge in [0.25, 0.3) is 5.91 Å². The average Bonchev–Trinajstić information content (AvgIpc) is 3.24.